The summed E-state index contributed by atoms with van der Waals surface area (Å²) in [5.74, 6) is -0.390. The smallest absolute Gasteiger partial charge is 0.355 e. The molecular formula is C7H10N2O3. The van der Waals surface area contributed by atoms with Gasteiger partial charge in [-0.05, 0) is 0 Å². The van der Waals surface area contributed by atoms with E-state index in [0.29, 0.717) is 12.1 Å². The molecule has 5 nitrogen and oxygen atoms in total. The van der Waals surface area contributed by atoms with Crippen molar-refractivity contribution in [3.8, 4) is 0 Å². The van der Waals surface area contributed by atoms with Crippen molar-refractivity contribution in [2.24, 2.45) is 5.16 Å². The van der Waals surface area contributed by atoms with Gasteiger partial charge in [-0.3, -0.25) is 0 Å². The summed E-state index contributed by atoms with van der Waals surface area (Å²) in [6, 6.07) is 0. The molecule has 1 fully saturated rings. The summed E-state index contributed by atoms with van der Waals surface area (Å²) in [6.45, 7) is 1.52. The number of carbonyl (C=O) groups is 1. The first-order chi connectivity index (χ1) is 5.76. The number of hydrogen-bond donors (Lipinski definition) is 1. The van der Waals surface area contributed by atoms with Gasteiger partial charge in [0.15, 0.2) is 11.3 Å². The Morgan fingerprint density at radius 1 is 1.75 bits per heavy atom. The van der Waals surface area contributed by atoms with Crippen molar-refractivity contribution in [3.05, 3.63) is 0 Å². The van der Waals surface area contributed by atoms with Gasteiger partial charge in [-0.2, -0.15) is 0 Å². The van der Waals surface area contributed by atoms with Crippen LogP contribution in [0.4, 0.5) is 0 Å². The van der Waals surface area contributed by atoms with Crippen molar-refractivity contribution < 1.29 is 14.4 Å². The number of carbonyl (C=O) groups excluding carboxylic acids is 1. The topological polar surface area (TPSA) is 59.9 Å². The molecule has 0 aromatic heterocycles. The van der Waals surface area contributed by atoms with Crippen LogP contribution in [0.5, 0.6) is 0 Å². The lowest BCUT2D eigenvalue weighted by molar-refractivity contribution is -0.132. The fourth-order valence-corrected chi connectivity index (χ4v) is 1.34. The Hall–Kier alpha value is -1.10. The van der Waals surface area contributed by atoms with E-state index in [0.717, 1.165) is 13.1 Å². The number of hydrogen-bond acceptors (Lipinski definition) is 5. The number of nitrogens with one attached hydrogen (secondary N) is 1. The molecule has 2 aliphatic rings. The Bertz CT molecular complexity index is 245. The molecule has 0 unspecified atom stereocenters. The van der Waals surface area contributed by atoms with Crippen LogP contribution < -0.4 is 5.32 Å². The summed E-state index contributed by atoms with van der Waals surface area (Å²) in [5, 5.41) is 6.75. The minimum absolute atomic E-state index is 0.247. The summed E-state index contributed by atoms with van der Waals surface area (Å²) in [7, 11) is 1.34. The molecule has 12 heavy (non-hydrogen) atoms. The number of esters is 1. The average Bonchev–Trinajstić information content (AvgIpc) is 2.46. The highest BCUT2D eigenvalue weighted by Crippen LogP contribution is 2.27. The number of rotatable bonds is 1. The van der Waals surface area contributed by atoms with Gasteiger partial charge < -0.3 is 14.9 Å². The maximum Gasteiger partial charge on any atom is 0.355 e. The third-order valence-electron chi connectivity index (χ3n) is 2.15. The zero-order valence-corrected chi connectivity index (χ0v) is 6.79. The molecule has 0 amide bonds. The molecule has 0 aromatic carbocycles. The monoisotopic (exact) mass is 170 g/mol. The Balaban J connectivity index is 2.00. The fourth-order valence-electron chi connectivity index (χ4n) is 1.34. The van der Waals surface area contributed by atoms with Crippen LogP contribution in [0.15, 0.2) is 5.16 Å². The average molecular weight is 170 g/mol. The second-order valence-electron chi connectivity index (χ2n) is 3.08. The van der Waals surface area contributed by atoms with Crippen LogP contribution >= 0.6 is 0 Å². The summed E-state index contributed by atoms with van der Waals surface area (Å²) in [6.07, 6.45) is 0.562. The third-order valence-corrected chi connectivity index (χ3v) is 2.15. The van der Waals surface area contributed by atoms with E-state index in [4.69, 9.17) is 4.84 Å². The van der Waals surface area contributed by atoms with Crippen LogP contribution in [0.1, 0.15) is 6.42 Å². The second-order valence-corrected chi connectivity index (χ2v) is 3.08. The summed E-state index contributed by atoms with van der Waals surface area (Å²) in [5.41, 5.74) is 0.141. The maximum absolute atomic E-state index is 11.0. The third kappa shape index (κ3) is 0.972. The van der Waals surface area contributed by atoms with Gasteiger partial charge in [-0.25, -0.2) is 4.79 Å². The zero-order chi connectivity index (χ0) is 8.60. The molecule has 0 bridgehead atoms. The van der Waals surface area contributed by atoms with Crippen LogP contribution in [-0.4, -0.2) is 37.5 Å². The normalized spacial score (nSPS) is 24.2. The van der Waals surface area contributed by atoms with Crippen molar-refractivity contribution in [1.29, 1.82) is 0 Å². The lowest BCUT2D eigenvalue weighted by Crippen LogP contribution is -2.59. The molecule has 0 aliphatic carbocycles. The van der Waals surface area contributed by atoms with E-state index in [2.05, 4.69) is 15.2 Å². The molecular weight excluding hydrogens is 160 g/mol. The molecule has 2 heterocycles. The van der Waals surface area contributed by atoms with Crippen molar-refractivity contribution in [3.63, 3.8) is 0 Å². The summed E-state index contributed by atoms with van der Waals surface area (Å²) in [4.78, 5) is 16.1. The SMILES string of the molecule is COC(=O)C1=NOC2(CNC2)C1. The van der Waals surface area contributed by atoms with Crippen molar-refractivity contribution in [2.45, 2.75) is 12.0 Å². The van der Waals surface area contributed by atoms with E-state index in [1.54, 1.807) is 0 Å². The van der Waals surface area contributed by atoms with Crippen LogP contribution in [0.25, 0.3) is 0 Å². The Labute approximate surface area is 69.7 Å². The molecule has 0 aromatic rings. The largest absolute Gasteiger partial charge is 0.464 e. The lowest BCUT2D eigenvalue weighted by Gasteiger charge is -2.35. The van der Waals surface area contributed by atoms with Crippen molar-refractivity contribution in [1.82, 2.24) is 5.32 Å². The predicted octanol–water partition coefficient (Wildman–Crippen LogP) is -0.722. The predicted molar refractivity (Wildman–Crippen MR) is 40.8 cm³/mol. The number of methoxy groups -OCH3 is 1. The van der Waals surface area contributed by atoms with E-state index >= 15 is 0 Å². The van der Waals surface area contributed by atoms with Gasteiger partial charge in [0.1, 0.15) is 0 Å². The lowest BCUT2D eigenvalue weighted by atomic mass is 9.91. The van der Waals surface area contributed by atoms with Crippen molar-refractivity contribution in [2.75, 3.05) is 20.2 Å². The highest BCUT2D eigenvalue weighted by molar-refractivity contribution is 6.36. The Morgan fingerprint density at radius 2 is 2.50 bits per heavy atom. The molecule has 0 atom stereocenters. The quantitative estimate of drug-likeness (QED) is 0.527. The van der Waals surface area contributed by atoms with E-state index in [9.17, 15) is 4.79 Å². The van der Waals surface area contributed by atoms with Crippen LogP contribution in [0.3, 0.4) is 0 Å². The zero-order valence-electron chi connectivity index (χ0n) is 6.79. The second kappa shape index (κ2) is 2.45. The van der Waals surface area contributed by atoms with Gasteiger partial charge in [-0.15, -0.1) is 0 Å². The fraction of sp³-hybridized carbons (Fsp3) is 0.714. The highest BCUT2D eigenvalue weighted by Gasteiger charge is 2.46. The van der Waals surface area contributed by atoms with Crippen LogP contribution in [0, 0.1) is 0 Å². The molecule has 2 aliphatic heterocycles. The van der Waals surface area contributed by atoms with E-state index in [1.165, 1.54) is 7.11 Å². The minimum atomic E-state index is -0.390. The molecule has 1 spiro atoms. The summed E-state index contributed by atoms with van der Waals surface area (Å²) < 4.78 is 4.53. The Kier molecular flexibility index (Phi) is 1.54. The van der Waals surface area contributed by atoms with Gasteiger partial charge in [0.25, 0.3) is 0 Å². The van der Waals surface area contributed by atoms with Crippen molar-refractivity contribution >= 4 is 11.7 Å². The molecule has 5 heteroatoms. The molecule has 66 valence electrons. The molecule has 1 saturated heterocycles. The standard InChI is InChI=1S/C7H10N2O3/c1-11-6(10)5-2-7(12-9-5)3-8-4-7/h8H,2-4H2,1H3. The van der Waals surface area contributed by atoms with Crippen LogP contribution in [-0.2, 0) is 14.4 Å². The number of oxime groups is 1. The number of nitrogens with zero attached hydrogens (tertiary/aromatic N) is 1. The number of ether oxygens (including phenoxy) is 1. The molecule has 0 saturated carbocycles. The van der Waals surface area contributed by atoms with Gasteiger partial charge in [0.2, 0.25) is 0 Å². The molecule has 2 rings (SSSR count). The van der Waals surface area contributed by atoms with E-state index < -0.39 is 5.97 Å². The first-order valence-electron chi connectivity index (χ1n) is 3.80. The van der Waals surface area contributed by atoms with Gasteiger partial charge in [0.05, 0.1) is 7.11 Å². The Morgan fingerprint density at radius 3 is 2.92 bits per heavy atom. The van der Waals surface area contributed by atoms with Crippen LogP contribution in [0.2, 0.25) is 0 Å². The maximum atomic E-state index is 11.0. The first kappa shape index (κ1) is 7.54. The van der Waals surface area contributed by atoms with Gasteiger partial charge in [-0.1, -0.05) is 5.16 Å². The summed E-state index contributed by atoms with van der Waals surface area (Å²) >= 11 is 0. The van der Waals surface area contributed by atoms with Gasteiger partial charge >= 0.3 is 5.97 Å². The highest BCUT2D eigenvalue weighted by atomic mass is 16.7. The molecule has 0 radical (unpaired) electrons. The minimum Gasteiger partial charge on any atom is -0.464 e. The van der Waals surface area contributed by atoms with E-state index in [1.807, 2.05) is 0 Å². The van der Waals surface area contributed by atoms with E-state index in [-0.39, 0.29) is 5.60 Å². The van der Waals surface area contributed by atoms with Gasteiger partial charge in [0, 0.05) is 19.5 Å². The molecule has 1 N–H and O–H groups in total. The first-order valence-corrected chi connectivity index (χ1v) is 3.80.